The van der Waals surface area contributed by atoms with Crippen LogP contribution in [0.5, 0.6) is 0 Å². The van der Waals surface area contributed by atoms with Gasteiger partial charge < -0.3 is 5.11 Å². The fourth-order valence-corrected chi connectivity index (χ4v) is 4.63. The van der Waals surface area contributed by atoms with Gasteiger partial charge in [-0.2, -0.15) is 0 Å². The van der Waals surface area contributed by atoms with Crippen molar-refractivity contribution in [3.05, 3.63) is 11.6 Å². The third-order valence-corrected chi connectivity index (χ3v) is 5.64. The van der Waals surface area contributed by atoms with Crippen LogP contribution in [0.25, 0.3) is 0 Å². The molecule has 0 aromatic heterocycles. The first-order chi connectivity index (χ1) is 7.85. The molecule has 3 rings (SSSR count). The van der Waals surface area contributed by atoms with Crippen LogP contribution in [-0.2, 0) is 4.79 Å². The van der Waals surface area contributed by atoms with E-state index in [2.05, 4.69) is 27.7 Å². The largest absolute Gasteiger partial charge is 0.393 e. The predicted molar refractivity (Wildman–Crippen MR) is 66.3 cm³/mol. The van der Waals surface area contributed by atoms with Crippen molar-refractivity contribution in [1.29, 1.82) is 0 Å². The van der Waals surface area contributed by atoms with E-state index in [4.69, 9.17) is 0 Å². The number of carbonyl (C=O) groups is 1. The van der Waals surface area contributed by atoms with Crippen LogP contribution in [-0.4, -0.2) is 17.0 Å². The summed E-state index contributed by atoms with van der Waals surface area (Å²) in [6.45, 7) is 8.71. The van der Waals surface area contributed by atoms with E-state index in [1.54, 1.807) is 0 Å². The van der Waals surface area contributed by atoms with E-state index in [0.717, 1.165) is 6.42 Å². The van der Waals surface area contributed by atoms with Crippen LogP contribution < -0.4 is 0 Å². The molecule has 3 aliphatic rings. The zero-order chi connectivity index (χ0) is 12.5. The van der Waals surface area contributed by atoms with Crippen LogP contribution in [0.1, 0.15) is 34.1 Å². The second-order valence-electron chi connectivity index (χ2n) is 6.94. The minimum absolute atomic E-state index is 0.132. The van der Waals surface area contributed by atoms with Gasteiger partial charge in [0.25, 0.3) is 0 Å². The summed E-state index contributed by atoms with van der Waals surface area (Å²) < 4.78 is 0. The molecule has 2 fully saturated rings. The van der Waals surface area contributed by atoms with E-state index in [1.807, 2.05) is 6.08 Å². The summed E-state index contributed by atoms with van der Waals surface area (Å²) in [6.07, 6.45) is 2.52. The topological polar surface area (TPSA) is 37.3 Å². The number of carbonyl (C=O) groups excluding carboxylic acids is 1. The maximum atomic E-state index is 11.9. The van der Waals surface area contributed by atoms with E-state index < -0.39 is 0 Å². The maximum Gasteiger partial charge on any atom is 0.159 e. The maximum absolute atomic E-state index is 11.9. The number of ketones is 1. The minimum atomic E-state index is -0.182. The molecule has 0 unspecified atom stereocenters. The lowest BCUT2D eigenvalue weighted by atomic mass is 9.80. The second-order valence-corrected chi connectivity index (χ2v) is 6.94. The van der Waals surface area contributed by atoms with Crippen molar-refractivity contribution >= 4 is 5.78 Å². The molecule has 0 spiro atoms. The lowest BCUT2D eigenvalue weighted by Crippen LogP contribution is -2.20. The lowest BCUT2D eigenvalue weighted by Gasteiger charge is -2.24. The van der Waals surface area contributed by atoms with Crippen molar-refractivity contribution in [3.8, 4) is 0 Å². The smallest absolute Gasteiger partial charge is 0.159 e. The van der Waals surface area contributed by atoms with Gasteiger partial charge in [-0.05, 0) is 41.6 Å². The Hall–Kier alpha value is -0.630. The van der Waals surface area contributed by atoms with Crippen LogP contribution in [0.3, 0.4) is 0 Å². The van der Waals surface area contributed by atoms with Crippen molar-refractivity contribution in [2.75, 3.05) is 0 Å². The first-order valence-electron chi connectivity index (χ1n) is 6.79. The Kier molecular flexibility index (Phi) is 2.17. The average Bonchev–Trinajstić information content (AvgIpc) is 2.70. The Balaban J connectivity index is 2.03. The Morgan fingerprint density at radius 2 is 1.94 bits per heavy atom. The fraction of sp³-hybridized carbons (Fsp3) is 0.800. The van der Waals surface area contributed by atoms with Gasteiger partial charge in [0.1, 0.15) is 0 Å². The molecule has 0 aromatic rings. The number of aliphatic hydroxyl groups is 1. The molecule has 2 saturated carbocycles. The standard InChI is InChI=1S/C15H22O2/c1-7-5-11(17)13-14(15(13,3)4)12-8(2)10(16)6-9(7)12/h6-8,11-14,17H,5H2,1-4H3/t7-,8-,11+,12-,13-,14+/m0/s1. The van der Waals surface area contributed by atoms with Gasteiger partial charge in [-0.25, -0.2) is 0 Å². The number of rotatable bonds is 0. The highest BCUT2D eigenvalue weighted by atomic mass is 16.3. The molecule has 0 heterocycles. The third kappa shape index (κ3) is 1.33. The summed E-state index contributed by atoms with van der Waals surface area (Å²) in [5, 5.41) is 10.3. The van der Waals surface area contributed by atoms with E-state index in [-0.39, 0.29) is 17.4 Å². The fourth-order valence-electron chi connectivity index (χ4n) is 4.63. The van der Waals surface area contributed by atoms with Gasteiger partial charge in [0.15, 0.2) is 5.78 Å². The molecule has 6 atom stereocenters. The number of aliphatic hydroxyl groups excluding tert-OH is 1. The first kappa shape index (κ1) is 11.5. The zero-order valence-corrected chi connectivity index (χ0v) is 11.1. The zero-order valence-electron chi connectivity index (χ0n) is 11.1. The molecule has 94 valence electrons. The molecule has 1 N–H and O–H groups in total. The molecular weight excluding hydrogens is 212 g/mol. The van der Waals surface area contributed by atoms with Crippen molar-refractivity contribution in [1.82, 2.24) is 0 Å². The van der Waals surface area contributed by atoms with Gasteiger partial charge in [0, 0.05) is 5.92 Å². The molecule has 0 aliphatic heterocycles. The molecule has 0 saturated heterocycles. The first-order valence-corrected chi connectivity index (χ1v) is 6.79. The third-order valence-electron chi connectivity index (χ3n) is 5.64. The Morgan fingerprint density at radius 3 is 2.59 bits per heavy atom. The molecule has 0 bridgehead atoms. The van der Waals surface area contributed by atoms with Gasteiger partial charge in [-0.15, -0.1) is 0 Å². The van der Waals surface area contributed by atoms with Crippen LogP contribution >= 0.6 is 0 Å². The monoisotopic (exact) mass is 234 g/mol. The van der Waals surface area contributed by atoms with Gasteiger partial charge in [-0.1, -0.05) is 33.3 Å². The van der Waals surface area contributed by atoms with E-state index in [9.17, 15) is 9.90 Å². The lowest BCUT2D eigenvalue weighted by molar-refractivity contribution is -0.118. The molecule has 0 radical (unpaired) electrons. The van der Waals surface area contributed by atoms with Gasteiger partial charge in [0.2, 0.25) is 0 Å². The molecule has 2 nitrogen and oxygen atoms in total. The molecule has 0 amide bonds. The molecule has 17 heavy (non-hydrogen) atoms. The summed E-state index contributed by atoms with van der Waals surface area (Å²) in [4.78, 5) is 11.9. The van der Waals surface area contributed by atoms with Crippen molar-refractivity contribution in [2.24, 2.45) is 35.0 Å². The van der Waals surface area contributed by atoms with Crippen LogP contribution in [0.2, 0.25) is 0 Å². The SMILES string of the molecule is C[C@H]1C[C@@H](O)[C@H]2[C@@H]([C@@H]3C1=CC(=O)[C@@H]3C)C2(C)C. The number of hydrogen-bond acceptors (Lipinski definition) is 2. The van der Waals surface area contributed by atoms with Crippen molar-refractivity contribution in [2.45, 2.75) is 40.2 Å². The molecular formula is C15H22O2. The summed E-state index contributed by atoms with van der Waals surface area (Å²) in [5.74, 6) is 2.10. The number of allylic oxidation sites excluding steroid dienone is 2. The summed E-state index contributed by atoms with van der Waals surface area (Å²) >= 11 is 0. The highest BCUT2D eigenvalue weighted by molar-refractivity contribution is 5.95. The van der Waals surface area contributed by atoms with E-state index >= 15 is 0 Å². The normalized spacial score (nSPS) is 51.4. The summed E-state index contributed by atoms with van der Waals surface area (Å²) in [5.41, 5.74) is 1.53. The van der Waals surface area contributed by atoms with Gasteiger partial charge >= 0.3 is 0 Å². The Morgan fingerprint density at radius 1 is 1.29 bits per heavy atom. The molecule has 0 aromatic carbocycles. The summed E-state index contributed by atoms with van der Waals surface area (Å²) in [7, 11) is 0. The number of hydrogen-bond donors (Lipinski definition) is 1. The summed E-state index contributed by atoms with van der Waals surface area (Å²) in [6, 6.07) is 0. The minimum Gasteiger partial charge on any atom is -0.393 e. The average molecular weight is 234 g/mol. The van der Waals surface area contributed by atoms with Crippen LogP contribution in [0.15, 0.2) is 11.6 Å². The van der Waals surface area contributed by atoms with E-state index in [0.29, 0.717) is 29.5 Å². The van der Waals surface area contributed by atoms with Crippen molar-refractivity contribution in [3.63, 3.8) is 0 Å². The quantitative estimate of drug-likeness (QED) is 0.699. The van der Waals surface area contributed by atoms with Gasteiger partial charge in [-0.3, -0.25) is 4.79 Å². The van der Waals surface area contributed by atoms with Crippen molar-refractivity contribution < 1.29 is 9.90 Å². The Bertz CT molecular complexity index is 407. The molecule has 2 heteroatoms. The van der Waals surface area contributed by atoms with Crippen LogP contribution in [0.4, 0.5) is 0 Å². The van der Waals surface area contributed by atoms with E-state index in [1.165, 1.54) is 5.57 Å². The van der Waals surface area contributed by atoms with Gasteiger partial charge in [0.05, 0.1) is 6.10 Å². The predicted octanol–water partition coefficient (Wildman–Crippen LogP) is 2.42. The highest BCUT2D eigenvalue weighted by Crippen LogP contribution is 2.69. The Labute approximate surface area is 103 Å². The number of fused-ring (bicyclic) bond motifs is 3. The van der Waals surface area contributed by atoms with Crippen LogP contribution in [0, 0.1) is 35.0 Å². The molecule has 3 aliphatic carbocycles. The second kappa shape index (κ2) is 3.23. The highest BCUT2D eigenvalue weighted by Gasteiger charge is 2.67.